The van der Waals surface area contributed by atoms with Crippen molar-refractivity contribution in [2.45, 2.75) is 95.4 Å². The number of Topliss-reactive ketones (excluding diaryl/α,β-unsaturated/α-hetero) is 3. The number of hydrogen-bond acceptors (Lipinski definition) is 3. The lowest BCUT2D eigenvalue weighted by Crippen LogP contribution is -2.34. The van der Waals surface area contributed by atoms with Gasteiger partial charge in [0.15, 0.2) is 5.78 Å². The molecular formula is C25H44O3. The second-order valence-corrected chi connectivity index (χ2v) is 10.2. The van der Waals surface area contributed by atoms with Crippen molar-refractivity contribution < 1.29 is 14.4 Å². The van der Waals surface area contributed by atoms with E-state index in [1.54, 1.807) is 6.92 Å². The van der Waals surface area contributed by atoms with Gasteiger partial charge in [-0.2, -0.15) is 0 Å². The van der Waals surface area contributed by atoms with Gasteiger partial charge in [0.1, 0.15) is 11.6 Å². The van der Waals surface area contributed by atoms with Crippen LogP contribution in [0.2, 0.25) is 0 Å². The molecule has 0 rings (SSSR count). The van der Waals surface area contributed by atoms with Crippen LogP contribution in [0.3, 0.4) is 0 Å². The molecule has 3 atom stereocenters. The highest BCUT2D eigenvalue weighted by atomic mass is 16.1. The molecule has 0 fully saturated rings. The lowest BCUT2D eigenvalue weighted by Gasteiger charge is -2.32. The summed E-state index contributed by atoms with van der Waals surface area (Å²) in [6.45, 7) is 21.9. The number of hydrogen-bond donors (Lipinski definition) is 0. The maximum absolute atomic E-state index is 13.5. The maximum Gasteiger partial charge on any atom is 0.162 e. The molecule has 162 valence electrons. The van der Waals surface area contributed by atoms with Crippen molar-refractivity contribution in [1.82, 2.24) is 0 Å². The predicted octanol–water partition coefficient (Wildman–Crippen LogP) is 6.45. The summed E-state index contributed by atoms with van der Waals surface area (Å²) < 4.78 is 0. The fraction of sp³-hybridized carbons (Fsp3) is 0.800. The molecule has 0 heterocycles. The molecule has 0 amide bonds. The molecule has 0 bridgehead atoms. The van der Waals surface area contributed by atoms with Gasteiger partial charge in [-0.1, -0.05) is 67.9 Å². The molecule has 0 N–H and O–H groups in total. The minimum Gasteiger partial charge on any atom is -0.300 e. The molecule has 3 heteroatoms. The second-order valence-electron chi connectivity index (χ2n) is 10.2. The Kier molecular flexibility index (Phi) is 10.6. The van der Waals surface area contributed by atoms with E-state index in [0.29, 0.717) is 12.8 Å². The lowest BCUT2D eigenvalue weighted by atomic mass is 9.70. The Hall–Kier alpha value is -1.25. The first-order valence-corrected chi connectivity index (χ1v) is 10.9. The predicted molar refractivity (Wildman–Crippen MR) is 118 cm³/mol. The molecular weight excluding hydrogens is 348 g/mol. The minimum atomic E-state index is -0.339. The van der Waals surface area contributed by atoms with Crippen LogP contribution in [0.15, 0.2) is 11.1 Å². The van der Waals surface area contributed by atoms with Crippen molar-refractivity contribution in [3.05, 3.63) is 11.1 Å². The zero-order valence-electron chi connectivity index (χ0n) is 20.2. The van der Waals surface area contributed by atoms with Gasteiger partial charge in [-0.15, -0.1) is 0 Å². The Labute approximate surface area is 173 Å². The fourth-order valence-electron chi connectivity index (χ4n) is 3.93. The number of ketones is 3. The van der Waals surface area contributed by atoms with Crippen molar-refractivity contribution in [2.24, 2.45) is 35.0 Å². The highest BCUT2D eigenvalue weighted by molar-refractivity contribution is 6.00. The van der Waals surface area contributed by atoms with E-state index < -0.39 is 0 Å². The molecule has 0 aromatic heterocycles. The van der Waals surface area contributed by atoms with E-state index in [-0.39, 0.29) is 52.4 Å². The first-order chi connectivity index (χ1) is 12.6. The molecule has 0 aromatic rings. The van der Waals surface area contributed by atoms with Crippen LogP contribution in [-0.2, 0) is 14.4 Å². The summed E-state index contributed by atoms with van der Waals surface area (Å²) in [5, 5.41) is 0. The normalized spacial score (nSPS) is 16.6. The van der Waals surface area contributed by atoms with Crippen LogP contribution in [0, 0.1) is 35.0 Å². The largest absolute Gasteiger partial charge is 0.300 e. The van der Waals surface area contributed by atoms with Crippen LogP contribution < -0.4 is 0 Å². The van der Waals surface area contributed by atoms with E-state index in [0.717, 1.165) is 17.6 Å². The summed E-state index contributed by atoms with van der Waals surface area (Å²) in [4.78, 5) is 38.2. The van der Waals surface area contributed by atoms with E-state index >= 15 is 0 Å². The highest BCUT2D eigenvalue weighted by Crippen LogP contribution is 2.36. The van der Waals surface area contributed by atoms with Gasteiger partial charge in [0.05, 0.1) is 0 Å². The first kappa shape index (κ1) is 26.8. The fourth-order valence-corrected chi connectivity index (χ4v) is 3.93. The van der Waals surface area contributed by atoms with E-state index in [4.69, 9.17) is 0 Å². The maximum atomic E-state index is 13.5. The van der Waals surface area contributed by atoms with Crippen molar-refractivity contribution in [1.29, 1.82) is 0 Å². The Morgan fingerprint density at radius 1 is 0.857 bits per heavy atom. The number of carbonyl (C=O) groups is 3. The van der Waals surface area contributed by atoms with Gasteiger partial charge in [-0.05, 0) is 49.5 Å². The summed E-state index contributed by atoms with van der Waals surface area (Å²) in [5.41, 5.74) is 1.50. The Bertz CT molecular complexity index is 587. The van der Waals surface area contributed by atoms with Crippen molar-refractivity contribution in [3.63, 3.8) is 0 Å². The molecule has 28 heavy (non-hydrogen) atoms. The second kappa shape index (κ2) is 11.1. The average Bonchev–Trinajstić information content (AvgIpc) is 2.54. The standard InChI is InChI=1S/C25H44O3/c1-12-20(15(2)3)23(27)14-22(25(9,10)11)24(28)18(7)21(16(4)5)13-17(6)19(8)26/h15-17,20,22H,12-14H2,1-11H3/b21-18-. The van der Waals surface area contributed by atoms with Crippen LogP contribution in [-0.4, -0.2) is 17.3 Å². The average molecular weight is 393 g/mol. The number of allylic oxidation sites excluding steroid dienone is 2. The monoisotopic (exact) mass is 392 g/mol. The van der Waals surface area contributed by atoms with E-state index in [9.17, 15) is 14.4 Å². The Morgan fingerprint density at radius 2 is 1.36 bits per heavy atom. The van der Waals surface area contributed by atoms with E-state index in [1.807, 2.05) is 41.5 Å². The molecule has 0 aliphatic heterocycles. The van der Waals surface area contributed by atoms with Crippen LogP contribution in [0.1, 0.15) is 95.4 Å². The zero-order valence-corrected chi connectivity index (χ0v) is 20.2. The van der Waals surface area contributed by atoms with Gasteiger partial charge < -0.3 is 0 Å². The molecule has 0 aromatic carbocycles. The molecule has 0 aliphatic rings. The molecule has 0 aliphatic carbocycles. The van der Waals surface area contributed by atoms with E-state index in [2.05, 4.69) is 27.7 Å². The summed E-state index contributed by atoms with van der Waals surface area (Å²) >= 11 is 0. The SMILES string of the molecule is CCC(C(=O)CC(C(=O)/C(C)=C(/CC(C)C(C)=O)C(C)C)C(C)(C)C)C(C)C. The van der Waals surface area contributed by atoms with Crippen molar-refractivity contribution in [2.75, 3.05) is 0 Å². The highest BCUT2D eigenvalue weighted by Gasteiger charge is 2.36. The molecule has 3 unspecified atom stereocenters. The summed E-state index contributed by atoms with van der Waals surface area (Å²) in [7, 11) is 0. The smallest absolute Gasteiger partial charge is 0.162 e. The van der Waals surface area contributed by atoms with Gasteiger partial charge in [0.2, 0.25) is 0 Å². The molecule has 0 saturated carbocycles. The van der Waals surface area contributed by atoms with Crippen LogP contribution in [0.5, 0.6) is 0 Å². The minimum absolute atomic E-state index is 0.00393. The molecule has 0 saturated heterocycles. The van der Waals surface area contributed by atoms with Crippen molar-refractivity contribution >= 4 is 17.3 Å². The van der Waals surface area contributed by atoms with Gasteiger partial charge in [-0.3, -0.25) is 14.4 Å². The van der Waals surface area contributed by atoms with Gasteiger partial charge in [-0.25, -0.2) is 0 Å². The first-order valence-electron chi connectivity index (χ1n) is 10.9. The third-order valence-corrected chi connectivity index (χ3v) is 6.19. The number of rotatable bonds is 11. The van der Waals surface area contributed by atoms with Gasteiger partial charge >= 0.3 is 0 Å². The van der Waals surface area contributed by atoms with Gasteiger partial charge in [0, 0.05) is 24.2 Å². The summed E-state index contributed by atoms with van der Waals surface area (Å²) in [6, 6.07) is 0. The quantitative estimate of drug-likeness (QED) is 0.380. The number of carbonyl (C=O) groups excluding carboxylic acids is 3. The third-order valence-electron chi connectivity index (χ3n) is 6.19. The van der Waals surface area contributed by atoms with Crippen LogP contribution >= 0.6 is 0 Å². The summed E-state index contributed by atoms with van der Waals surface area (Å²) in [6.07, 6.45) is 1.71. The molecule has 0 radical (unpaired) electrons. The van der Waals surface area contributed by atoms with E-state index in [1.165, 1.54) is 0 Å². The Morgan fingerprint density at radius 3 is 1.68 bits per heavy atom. The Balaban J connectivity index is 5.93. The van der Waals surface area contributed by atoms with Crippen LogP contribution in [0.4, 0.5) is 0 Å². The zero-order chi connectivity index (χ0) is 22.4. The van der Waals surface area contributed by atoms with Gasteiger partial charge in [0.25, 0.3) is 0 Å². The topological polar surface area (TPSA) is 51.2 Å². The van der Waals surface area contributed by atoms with Crippen LogP contribution in [0.25, 0.3) is 0 Å². The molecule has 0 spiro atoms. The summed E-state index contributed by atoms with van der Waals surface area (Å²) in [5.74, 6) is 0.455. The van der Waals surface area contributed by atoms with Crippen molar-refractivity contribution in [3.8, 4) is 0 Å². The lowest BCUT2D eigenvalue weighted by molar-refractivity contribution is -0.131. The molecule has 3 nitrogen and oxygen atoms in total. The third kappa shape index (κ3) is 7.64.